The molecule has 0 spiro atoms. The lowest BCUT2D eigenvalue weighted by atomic mass is 10.0. The van der Waals surface area contributed by atoms with Crippen LogP contribution in [0.1, 0.15) is 36.0 Å². The van der Waals surface area contributed by atoms with Gasteiger partial charge in [-0.2, -0.15) is 5.26 Å². The van der Waals surface area contributed by atoms with E-state index in [0.717, 1.165) is 22.4 Å². The molecule has 1 heterocycles. The van der Waals surface area contributed by atoms with Gasteiger partial charge in [0.2, 0.25) is 0 Å². The molecule has 0 bridgehead atoms. The number of nitrogens with zero attached hydrogens (tertiary/aromatic N) is 3. The molecule has 39 heavy (non-hydrogen) atoms. The number of nitriles is 1. The number of ketones is 1. The van der Waals surface area contributed by atoms with Gasteiger partial charge in [-0.1, -0.05) is 37.4 Å². The van der Waals surface area contributed by atoms with Gasteiger partial charge in [0.15, 0.2) is 0 Å². The van der Waals surface area contributed by atoms with Gasteiger partial charge in [0, 0.05) is 36.1 Å². The number of aryl methyl sites for hydroxylation is 3. The highest BCUT2D eigenvalue weighted by molar-refractivity contribution is 6.10. The Morgan fingerprint density at radius 3 is 2.54 bits per heavy atom. The van der Waals surface area contributed by atoms with E-state index < -0.39 is 5.78 Å². The molecule has 1 amide bonds. The lowest BCUT2D eigenvalue weighted by molar-refractivity contribution is -0.117. The Morgan fingerprint density at radius 1 is 1.15 bits per heavy atom. The van der Waals surface area contributed by atoms with Gasteiger partial charge in [-0.15, -0.1) is 0 Å². The van der Waals surface area contributed by atoms with Crippen molar-refractivity contribution in [3.05, 3.63) is 118 Å². The number of benzene rings is 1. The number of allylic oxidation sites excluding steroid dienone is 6. The first-order valence-corrected chi connectivity index (χ1v) is 12.4. The number of aromatic nitrogens is 2. The van der Waals surface area contributed by atoms with E-state index in [1.807, 2.05) is 37.5 Å². The molecule has 1 aliphatic carbocycles. The molecule has 7 nitrogen and oxygen atoms in total. The Morgan fingerprint density at radius 2 is 1.90 bits per heavy atom. The van der Waals surface area contributed by atoms with Crippen molar-refractivity contribution < 1.29 is 14.0 Å². The Balaban J connectivity index is 1.78. The predicted octanol–water partition coefficient (Wildman–Crippen LogP) is 5.06. The van der Waals surface area contributed by atoms with Gasteiger partial charge in [0.25, 0.3) is 11.7 Å². The maximum Gasteiger partial charge on any atom is 0.262 e. The van der Waals surface area contributed by atoms with Crippen molar-refractivity contribution in [2.24, 2.45) is 0 Å². The van der Waals surface area contributed by atoms with Crippen molar-refractivity contribution in [3.8, 4) is 6.07 Å². The highest BCUT2D eigenvalue weighted by Gasteiger charge is 2.16. The van der Waals surface area contributed by atoms with Crippen LogP contribution < -0.4 is 10.6 Å². The Kier molecular flexibility index (Phi) is 9.34. The molecule has 200 valence electrons. The van der Waals surface area contributed by atoms with Gasteiger partial charge in [-0.3, -0.25) is 14.2 Å². The molecule has 0 saturated heterocycles. The van der Waals surface area contributed by atoms with Crippen LogP contribution in [0.5, 0.6) is 0 Å². The molecular formula is C31H32FN5O2. The lowest BCUT2D eigenvalue weighted by Crippen LogP contribution is -2.25. The van der Waals surface area contributed by atoms with E-state index in [1.165, 1.54) is 6.07 Å². The second kappa shape index (κ2) is 12.7. The van der Waals surface area contributed by atoms with Crippen LogP contribution in [-0.2, 0) is 16.1 Å². The lowest BCUT2D eigenvalue weighted by Gasteiger charge is -2.18. The Hall–Kier alpha value is -4.77. The summed E-state index contributed by atoms with van der Waals surface area (Å²) in [6.45, 7) is 16.1. The zero-order valence-electron chi connectivity index (χ0n) is 22.7. The number of carbonyl (C=O) groups is 2. The van der Waals surface area contributed by atoms with Crippen LogP contribution in [-0.4, -0.2) is 27.8 Å². The van der Waals surface area contributed by atoms with Gasteiger partial charge in [0.1, 0.15) is 17.7 Å². The molecule has 2 N–H and O–H groups in total. The highest BCUT2D eigenvalue weighted by Crippen LogP contribution is 2.22. The van der Waals surface area contributed by atoms with Crippen molar-refractivity contribution in [3.63, 3.8) is 0 Å². The van der Waals surface area contributed by atoms with Crippen LogP contribution in [0.2, 0.25) is 0 Å². The first-order chi connectivity index (χ1) is 18.5. The van der Waals surface area contributed by atoms with Gasteiger partial charge in [-0.05, 0) is 74.6 Å². The molecule has 2 aromatic rings. The second-order valence-corrected chi connectivity index (χ2v) is 9.37. The fraction of sp³-hybridized carbons (Fsp3) is 0.226. The summed E-state index contributed by atoms with van der Waals surface area (Å²) in [6, 6.07) is 6.37. The molecule has 1 aromatic heterocycles. The smallest absolute Gasteiger partial charge is 0.262 e. The summed E-state index contributed by atoms with van der Waals surface area (Å²) in [5.74, 6) is -0.519. The summed E-state index contributed by atoms with van der Waals surface area (Å²) in [5.41, 5.74) is 5.64. The Labute approximate surface area is 228 Å². The third kappa shape index (κ3) is 7.17. The van der Waals surface area contributed by atoms with Crippen LogP contribution in [0.4, 0.5) is 4.39 Å². The molecule has 0 fully saturated rings. The predicted molar refractivity (Wildman–Crippen MR) is 150 cm³/mol. The van der Waals surface area contributed by atoms with E-state index in [9.17, 15) is 14.0 Å². The van der Waals surface area contributed by atoms with E-state index in [4.69, 9.17) is 5.26 Å². The molecule has 1 aliphatic rings. The number of hydrogen-bond acceptors (Lipinski definition) is 5. The number of nitrogens with one attached hydrogen (secondary N) is 2. The molecule has 0 saturated carbocycles. The number of rotatable bonds is 10. The first-order valence-electron chi connectivity index (χ1n) is 12.4. The summed E-state index contributed by atoms with van der Waals surface area (Å²) in [6.07, 6.45) is 9.40. The van der Waals surface area contributed by atoms with Crippen LogP contribution in [0, 0.1) is 37.9 Å². The Bertz CT molecular complexity index is 1490. The fourth-order valence-electron chi connectivity index (χ4n) is 4.10. The van der Waals surface area contributed by atoms with Crippen LogP contribution >= 0.6 is 0 Å². The molecule has 0 radical (unpaired) electrons. The zero-order valence-corrected chi connectivity index (χ0v) is 22.7. The second-order valence-electron chi connectivity index (χ2n) is 9.37. The molecule has 3 rings (SSSR count). The van der Waals surface area contributed by atoms with Crippen molar-refractivity contribution in [2.75, 3.05) is 6.54 Å². The van der Waals surface area contributed by atoms with E-state index in [0.29, 0.717) is 41.3 Å². The molecule has 0 unspecified atom stereocenters. The quantitative estimate of drug-likeness (QED) is 0.257. The van der Waals surface area contributed by atoms with Crippen LogP contribution in [0.25, 0.3) is 5.70 Å². The molecule has 1 aromatic carbocycles. The van der Waals surface area contributed by atoms with E-state index in [-0.39, 0.29) is 23.8 Å². The number of Topliss-reactive ketones (excluding diaryl/α,β-unsaturated/α-hetero) is 1. The van der Waals surface area contributed by atoms with E-state index in [2.05, 4.69) is 28.8 Å². The molecule has 8 heteroatoms. The SMILES string of the molecule is C=C(/C=C(/C(=C)NCC1=CC=C(C(=O)C#N)C(C)=CC1)n1c(C)cnc1C)C(=O)NCc1ccc(F)c(C)c1. The minimum atomic E-state index is -0.568. The summed E-state index contributed by atoms with van der Waals surface area (Å²) in [7, 11) is 0. The zero-order chi connectivity index (χ0) is 28.7. The normalized spacial score (nSPS) is 13.3. The standard InChI is InChI=1S/C31H32FN5O2/c1-19-7-8-25(9-11-27(19)30(38)15-33)17-34-23(5)29(37-22(4)16-35-24(37)6)14-21(3)31(39)36-18-26-10-12-28(32)20(2)13-26/h7,9-14,16,34H,3,5,8,17-18H2,1-2,4,6H3,(H,36,39)/b29-14-. The minimum absolute atomic E-state index is 0.217. The first kappa shape index (κ1) is 28.8. The van der Waals surface area contributed by atoms with E-state index >= 15 is 0 Å². The number of hydrogen-bond donors (Lipinski definition) is 2. The van der Waals surface area contributed by atoms with Crippen molar-refractivity contribution in [1.29, 1.82) is 5.26 Å². The number of carbonyl (C=O) groups excluding carboxylic acids is 2. The molecule has 0 atom stereocenters. The van der Waals surface area contributed by atoms with Crippen molar-refractivity contribution in [2.45, 2.75) is 40.7 Å². The average Bonchev–Trinajstić information content (AvgIpc) is 3.12. The molecular weight excluding hydrogens is 493 g/mol. The minimum Gasteiger partial charge on any atom is -0.380 e. The fourth-order valence-corrected chi connectivity index (χ4v) is 4.10. The summed E-state index contributed by atoms with van der Waals surface area (Å²) in [4.78, 5) is 29.1. The number of halogens is 1. The maximum absolute atomic E-state index is 13.6. The van der Waals surface area contributed by atoms with E-state index in [1.54, 1.807) is 43.5 Å². The highest BCUT2D eigenvalue weighted by atomic mass is 19.1. The topological polar surface area (TPSA) is 99.8 Å². The van der Waals surface area contributed by atoms with Crippen molar-refractivity contribution in [1.82, 2.24) is 20.2 Å². The summed E-state index contributed by atoms with van der Waals surface area (Å²) >= 11 is 0. The van der Waals surface area contributed by atoms with Gasteiger partial charge >= 0.3 is 0 Å². The summed E-state index contributed by atoms with van der Waals surface area (Å²) in [5, 5.41) is 15.1. The van der Waals surface area contributed by atoms with Crippen LogP contribution in [0.3, 0.4) is 0 Å². The number of amides is 1. The third-order valence-corrected chi connectivity index (χ3v) is 6.40. The average molecular weight is 526 g/mol. The largest absolute Gasteiger partial charge is 0.380 e. The van der Waals surface area contributed by atoms with Gasteiger partial charge in [0.05, 0.1) is 11.4 Å². The third-order valence-electron chi connectivity index (χ3n) is 6.40. The molecule has 0 aliphatic heterocycles. The summed E-state index contributed by atoms with van der Waals surface area (Å²) < 4.78 is 15.4. The van der Waals surface area contributed by atoms with Gasteiger partial charge < -0.3 is 10.6 Å². The maximum atomic E-state index is 13.6. The van der Waals surface area contributed by atoms with Crippen LogP contribution in [0.15, 0.2) is 89.8 Å². The van der Waals surface area contributed by atoms with Gasteiger partial charge in [-0.25, -0.2) is 9.37 Å². The van der Waals surface area contributed by atoms with Crippen molar-refractivity contribution >= 4 is 17.4 Å². The number of imidazole rings is 1. The monoisotopic (exact) mass is 525 g/mol.